The zero-order valence-electron chi connectivity index (χ0n) is 12.7. The lowest BCUT2D eigenvalue weighted by Crippen LogP contribution is -2.28. The van der Waals surface area contributed by atoms with Crippen molar-refractivity contribution in [2.24, 2.45) is 0 Å². The minimum atomic E-state index is -0.772. The highest BCUT2D eigenvalue weighted by atomic mass is 35.5. The van der Waals surface area contributed by atoms with Crippen molar-refractivity contribution >= 4 is 29.2 Å². The number of amides is 1. The molecule has 0 saturated heterocycles. The molecule has 0 heterocycles. The fourth-order valence-corrected chi connectivity index (χ4v) is 1.90. The standard InChI is InChI=1S/C17H16ClNO4/c1-11(22-15-7-3-13(18)4-8-15)17(21)23-16-9-5-14(6-10-16)19-12(2)20/h3-11H,1-2H3,(H,19,20). The Morgan fingerprint density at radius 2 is 1.57 bits per heavy atom. The Kier molecular flexibility index (Phi) is 5.60. The molecule has 2 rings (SSSR count). The van der Waals surface area contributed by atoms with Crippen LogP contribution in [-0.2, 0) is 9.59 Å². The van der Waals surface area contributed by atoms with Crippen molar-refractivity contribution in [2.45, 2.75) is 20.0 Å². The first-order chi connectivity index (χ1) is 10.9. The topological polar surface area (TPSA) is 64.6 Å². The third-order valence-electron chi connectivity index (χ3n) is 2.85. The first-order valence-corrected chi connectivity index (χ1v) is 7.33. The summed E-state index contributed by atoms with van der Waals surface area (Å²) in [5, 5.41) is 3.22. The van der Waals surface area contributed by atoms with E-state index in [1.165, 1.54) is 6.92 Å². The molecule has 0 aromatic heterocycles. The molecule has 0 bridgehead atoms. The van der Waals surface area contributed by atoms with E-state index in [9.17, 15) is 9.59 Å². The van der Waals surface area contributed by atoms with Crippen LogP contribution in [0.25, 0.3) is 0 Å². The van der Waals surface area contributed by atoms with E-state index in [-0.39, 0.29) is 5.91 Å². The number of hydrogen-bond acceptors (Lipinski definition) is 4. The summed E-state index contributed by atoms with van der Waals surface area (Å²) in [6.45, 7) is 3.02. The summed E-state index contributed by atoms with van der Waals surface area (Å²) < 4.78 is 10.7. The Bertz CT molecular complexity index is 683. The van der Waals surface area contributed by atoms with Gasteiger partial charge in [-0.3, -0.25) is 4.79 Å². The SMILES string of the molecule is CC(=O)Nc1ccc(OC(=O)C(C)Oc2ccc(Cl)cc2)cc1. The number of ether oxygens (including phenoxy) is 2. The second-order valence-electron chi connectivity index (χ2n) is 4.84. The molecule has 0 aliphatic heterocycles. The molecule has 0 radical (unpaired) electrons. The van der Waals surface area contributed by atoms with Crippen molar-refractivity contribution in [3.05, 3.63) is 53.6 Å². The molecule has 0 saturated carbocycles. The predicted molar refractivity (Wildman–Crippen MR) is 87.9 cm³/mol. The Hall–Kier alpha value is -2.53. The molecular formula is C17H16ClNO4. The fourth-order valence-electron chi connectivity index (χ4n) is 1.77. The van der Waals surface area contributed by atoms with Crippen LogP contribution < -0.4 is 14.8 Å². The number of rotatable bonds is 5. The lowest BCUT2D eigenvalue weighted by Gasteiger charge is -2.14. The Morgan fingerprint density at radius 1 is 1.00 bits per heavy atom. The lowest BCUT2D eigenvalue weighted by atomic mass is 10.3. The normalized spacial score (nSPS) is 11.4. The summed E-state index contributed by atoms with van der Waals surface area (Å²) in [5.74, 6) is 0.211. The zero-order valence-corrected chi connectivity index (χ0v) is 13.5. The molecule has 6 heteroatoms. The fraction of sp³-hybridized carbons (Fsp3) is 0.176. The maximum atomic E-state index is 12.0. The first kappa shape index (κ1) is 16.8. The van der Waals surface area contributed by atoms with Crippen molar-refractivity contribution in [3.8, 4) is 11.5 Å². The van der Waals surface area contributed by atoms with Crippen molar-refractivity contribution in [1.29, 1.82) is 0 Å². The van der Waals surface area contributed by atoms with E-state index in [0.29, 0.717) is 22.2 Å². The van der Waals surface area contributed by atoms with E-state index in [4.69, 9.17) is 21.1 Å². The summed E-state index contributed by atoms with van der Waals surface area (Å²) in [6.07, 6.45) is -0.772. The van der Waals surface area contributed by atoms with Gasteiger partial charge in [0, 0.05) is 17.6 Å². The third-order valence-corrected chi connectivity index (χ3v) is 3.10. The molecule has 2 aromatic rings. The van der Waals surface area contributed by atoms with Crippen LogP contribution in [0.2, 0.25) is 5.02 Å². The number of carbonyl (C=O) groups excluding carboxylic acids is 2. The van der Waals surface area contributed by atoms with Gasteiger partial charge in [-0.15, -0.1) is 0 Å². The highest BCUT2D eigenvalue weighted by Crippen LogP contribution is 2.19. The van der Waals surface area contributed by atoms with Gasteiger partial charge in [0.2, 0.25) is 5.91 Å². The molecule has 0 aliphatic rings. The molecule has 5 nitrogen and oxygen atoms in total. The third kappa shape index (κ3) is 5.30. The molecule has 0 spiro atoms. The summed E-state index contributed by atoms with van der Waals surface area (Å²) in [6, 6.07) is 13.2. The van der Waals surface area contributed by atoms with E-state index < -0.39 is 12.1 Å². The first-order valence-electron chi connectivity index (χ1n) is 6.95. The van der Waals surface area contributed by atoms with Gasteiger partial charge in [-0.2, -0.15) is 0 Å². The number of carbonyl (C=O) groups is 2. The van der Waals surface area contributed by atoms with Gasteiger partial charge >= 0.3 is 5.97 Å². The average molecular weight is 334 g/mol. The van der Waals surface area contributed by atoms with Crippen molar-refractivity contribution < 1.29 is 19.1 Å². The van der Waals surface area contributed by atoms with Crippen LogP contribution in [0.4, 0.5) is 5.69 Å². The molecule has 120 valence electrons. The molecule has 1 atom stereocenters. The minimum Gasteiger partial charge on any atom is -0.479 e. The summed E-state index contributed by atoms with van der Waals surface area (Å²) in [4.78, 5) is 22.9. The number of esters is 1. The summed E-state index contributed by atoms with van der Waals surface area (Å²) in [7, 11) is 0. The van der Waals surface area contributed by atoms with Crippen LogP contribution in [0.5, 0.6) is 11.5 Å². The maximum Gasteiger partial charge on any atom is 0.352 e. The minimum absolute atomic E-state index is 0.167. The van der Waals surface area contributed by atoms with Crippen LogP contribution in [0.15, 0.2) is 48.5 Å². The molecule has 0 aliphatic carbocycles. The molecule has 1 unspecified atom stereocenters. The molecule has 23 heavy (non-hydrogen) atoms. The van der Waals surface area contributed by atoms with Gasteiger partial charge in [0.05, 0.1) is 0 Å². The molecular weight excluding hydrogens is 318 g/mol. The molecule has 2 aromatic carbocycles. The zero-order chi connectivity index (χ0) is 16.8. The second-order valence-corrected chi connectivity index (χ2v) is 5.28. The number of anilines is 1. The highest BCUT2D eigenvalue weighted by Gasteiger charge is 2.17. The van der Waals surface area contributed by atoms with Gasteiger partial charge < -0.3 is 14.8 Å². The second kappa shape index (κ2) is 7.65. The van der Waals surface area contributed by atoms with Crippen molar-refractivity contribution in [1.82, 2.24) is 0 Å². The van der Waals surface area contributed by atoms with E-state index in [2.05, 4.69) is 5.32 Å². The van der Waals surface area contributed by atoms with E-state index >= 15 is 0 Å². The number of benzene rings is 2. The summed E-state index contributed by atoms with van der Waals surface area (Å²) >= 11 is 5.79. The van der Waals surface area contributed by atoms with Gasteiger partial charge in [0.15, 0.2) is 6.10 Å². The van der Waals surface area contributed by atoms with E-state index in [1.807, 2.05) is 0 Å². The van der Waals surface area contributed by atoms with Crippen LogP contribution >= 0.6 is 11.6 Å². The van der Waals surface area contributed by atoms with Crippen molar-refractivity contribution in [3.63, 3.8) is 0 Å². The molecule has 1 amide bonds. The van der Waals surface area contributed by atoms with Crippen LogP contribution in [0.1, 0.15) is 13.8 Å². The van der Waals surface area contributed by atoms with Crippen LogP contribution in [0.3, 0.4) is 0 Å². The van der Waals surface area contributed by atoms with Gasteiger partial charge in [-0.05, 0) is 55.5 Å². The highest BCUT2D eigenvalue weighted by molar-refractivity contribution is 6.30. The smallest absolute Gasteiger partial charge is 0.352 e. The van der Waals surface area contributed by atoms with Gasteiger partial charge in [0.25, 0.3) is 0 Å². The molecule has 0 fully saturated rings. The number of hydrogen-bond donors (Lipinski definition) is 1. The predicted octanol–water partition coefficient (Wildman–Crippen LogP) is 3.67. The Morgan fingerprint density at radius 3 is 2.13 bits per heavy atom. The largest absolute Gasteiger partial charge is 0.479 e. The Labute approximate surface area is 139 Å². The van der Waals surface area contributed by atoms with E-state index in [0.717, 1.165) is 0 Å². The van der Waals surface area contributed by atoms with Gasteiger partial charge in [-0.1, -0.05) is 11.6 Å². The Balaban J connectivity index is 1.92. The van der Waals surface area contributed by atoms with Crippen LogP contribution in [0, 0.1) is 0 Å². The van der Waals surface area contributed by atoms with Gasteiger partial charge in [0.1, 0.15) is 11.5 Å². The maximum absolute atomic E-state index is 12.0. The van der Waals surface area contributed by atoms with E-state index in [1.54, 1.807) is 55.5 Å². The number of nitrogens with one attached hydrogen (secondary N) is 1. The summed E-state index contributed by atoms with van der Waals surface area (Å²) in [5.41, 5.74) is 0.628. The average Bonchev–Trinajstić information content (AvgIpc) is 2.51. The van der Waals surface area contributed by atoms with Crippen LogP contribution in [-0.4, -0.2) is 18.0 Å². The molecule has 1 N–H and O–H groups in total. The monoisotopic (exact) mass is 333 g/mol. The van der Waals surface area contributed by atoms with Crippen molar-refractivity contribution in [2.75, 3.05) is 5.32 Å². The quantitative estimate of drug-likeness (QED) is 0.669. The lowest BCUT2D eigenvalue weighted by molar-refractivity contribution is -0.141. The van der Waals surface area contributed by atoms with Gasteiger partial charge in [-0.25, -0.2) is 4.79 Å². The number of halogens is 1.